The third-order valence-corrected chi connectivity index (χ3v) is 5.99. The number of nitrogens with zero attached hydrogens (tertiary/aromatic N) is 2. The minimum Gasteiger partial charge on any atom is -0.352 e. The topological polar surface area (TPSA) is 69.7 Å². The van der Waals surface area contributed by atoms with E-state index in [1.807, 2.05) is 4.90 Å². The predicted molar refractivity (Wildman–Crippen MR) is 89.9 cm³/mol. The fourth-order valence-electron chi connectivity index (χ4n) is 2.37. The predicted octanol–water partition coefficient (Wildman–Crippen LogP) is 0.949. The van der Waals surface area contributed by atoms with Gasteiger partial charge in [-0.1, -0.05) is 29.8 Å². The number of amides is 1. The lowest BCUT2D eigenvalue weighted by Crippen LogP contribution is -2.51. The SMILES string of the molecule is C=CCNC(=O)CN1CCN(S(=O)(=O)c2ccccc2Cl)CC1. The molecule has 0 atom stereocenters. The third-order valence-electron chi connectivity index (χ3n) is 3.60. The highest BCUT2D eigenvalue weighted by atomic mass is 35.5. The van der Waals surface area contributed by atoms with Crippen LogP contribution in [0.5, 0.6) is 0 Å². The molecule has 0 bridgehead atoms. The van der Waals surface area contributed by atoms with E-state index in [9.17, 15) is 13.2 Å². The van der Waals surface area contributed by atoms with E-state index in [4.69, 9.17) is 11.6 Å². The van der Waals surface area contributed by atoms with Crippen molar-refractivity contribution in [1.82, 2.24) is 14.5 Å². The van der Waals surface area contributed by atoms with Crippen LogP contribution < -0.4 is 5.32 Å². The van der Waals surface area contributed by atoms with Crippen LogP contribution in [0.3, 0.4) is 0 Å². The van der Waals surface area contributed by atoms with E-state index in [1.54, 1.807) is 24.3 Å². The maximum Gasteiger partial charge on any atom is 0.244 e. The summed E-state index contributed by atoms with van der Waals surface area (Å²) < 4.78 is 26.6. The zero-order chi connectivity index (χ0) is 16.9. The van der Waals surface area contributed by atoms with Crippen molar-refractivity contribution in [2.24, 2.45) is 0 Å². The molecule has 126 valence electrons. The molecular formula is C15H20ClN3O3S. The summed E-state index contributed by atoms with van der Waals surface area (Å²) in [6.07, 6.45) is 1.62. The average molecular weight is 358 g/mol. The molecule has 8 heteroatoms. The quantitative estimate of drug-likeness (QED) is 0.769. The van der Waals surface area contributed by atoms with Gasteiger partial charge in [0.15, 0.2) is 0 Å². The van der Waals surface area contributed by atoms with E-state index in [1.165, 1.54) is 10.4 Å². The van der Waals surface area contributed by atoms with Crippen molar-refractivity contribution < 1.29 is 13.2 Å². The highest BCUT2D eigenvalue weighted by molar-refractivity contribution is 7.89. The normalized spacial score (nSPS) is 16.9. The zero-order valence-electron chi connectivity index (χ0n) is 12.7. The molecule has 1 aromatic rings. The summed E-state index contributed by atoms with van der Waals surface area (Å²) >= 11 is 6.00. The second-order valence-corrected chi connectivity index (χ2v) is 7.52. The van der Waals surface area contributed by atoms with Crippen LogP contribution in [-0.2, 0) is 14.8 Å². The molecular weight excluding hydrogens is 338 g/mol. The number of piperazine rings is 1. The molecule has 1 aliphatic rings. The van der Waals surface area contributed by atoms with Gasteiger partial charge in [-0.3, -0.25) is 9.69 Å². The molecule has 0 spiro atoms. The van der Waals surface area contributed by atoms with Crippen molar-refractivity contribution in [3.63, 3.8) is 0 Å². The first-order valence-corrected chi connectivity index (χ1v) is 9.11. The van der Waals surface area contributed by atoms with Gasteiger partial charge in [0.1, 0.15) is 4.90 Å². The second kappa shape index (κ2) is 7.92. The first-order chi connectivity index (χ1) is 10.9. The van der Waals surface area contributed by atoms with E-state index in [0.29, 0.717) is 32.7 Å². The van der Waals surface area contributed by atoms with Gasteiger partial charge in [-0.25, -0.2) is 8.42 Å². The monoisotopic (exact) mass is 357 g/mol. The summed E-state index contributed by atoms with van der Waals surface area (Å²) in [5.41, 5.74) is 0. The number of carbonyl (C=O) groups excluding carboxylic acids is 1. The Balaban J connectivity index is 1.95. The standard InChI is InChI=1S/C15H20ClN3O3S/c1-2-7-17-15(20)12-18-8-10-19(11-9-18)23(21,22)14-6-4-3-5-13(14)16/h2-6H,1,7-12H2,(H,17,20). The molecule has 1 heterocycles. The van der Waals surface area contributed by atoms with Crippen molar-refractivity contribution in [2.45, 2.75) is 4.90 Å². The van der Waals surface area contributed by atoms with E-state index in [0.717, 1.165) is 0 Å². The van der Waals surface area contributed by atoms with Crippen molar-refractivity contribution in [3.05, 3.63) is 41.9 Å². The minimum atomic E-state index is -3.60. The van der Waals surface area contributed by atoms with Crippen LogP contribution in [0.2, 0.25) is 5.02 Å². The largest absolute Gasteiger partial charge is 0.352 e. The lowest BCUT2D eigenvalue weighted by atomic mass is 10.3. The fraction of sp³-hybridized carbons (Fsp3) is 0.400. The van der Waals surface area contributed by atoms with Crippen LogP contribution >= 0.6 is 11.6 Å². The van der Waals surface area contributed by atoms with Crippen molar-refractivity contribution >= 4 is 27.5 Å². The molecule has 0 radical (unpaired) electrons. The first kappa shape index (κ1) is 17.9. The number of sulfonamides is 1. The van der Waals surface area contributed by atoms with Crippen molar-refractivity contribution in [2.75, 3.05) is 39.3 Å². The summed E-state index contributed by atoms with van der Waals surface area (Å²) in [4.78, 5) is 13.7. The molecule has 0 aromatic heterocycles. The second-order valence-electron chi connectivity index (χ2n) is 5.20. The van der Waals surface area contributed by atoms with Crippen LogP contribution in [0.1, 0.15) is 0 Å². The Hall–Kier alpha value is -1.41. The van der Waals surface area contributed by atoms with Gasteiger partial charge in [0, 0.05) is 32.7 Å². The molecule has 1 fully saturated rings. The maximum atomic E-state index is 12.6. The Morgan fingerprint density at radius 2 is 1.91 bits per heavy atom. The van der Waals surface area contributed by atoms with E-state index in [-0.39, 0.29) is 22.4 Å². The number of hydrogen-bond acceptors (Lipinski definition) is 4. The Morgan fingerprint density at radius 1 is 1.26 bits per heavy atom. The summed E-state index contributed by atoms with van der Waals surface area (Å²) in [7, 11) is -3.60. The zero-order valence-corrected chi connectivity index (χ0v) is 14.3. The number of benzene rings is 1. The molecule has 0 aliphatic carbocycles. The van der Waals surface area contributed by atoms with Gasteiger partial charge in [-0.15, -0.1) is 6.58 Å². The number of nitrogens with one attached hydrogen (secondary N) is 1. The summed E-state index contributed by atoms with van der Waals surface area (Å²) in [5, 5.41) is 2.93. The highest BCUT2D eigenvalue weighted by Crippen LogP contribution is 2.24. The van der Waals surface area contributed by atoms with Crippen LogP contribution in [-0.4, -0.2) is 62.8 Å². The van der Waals surface area contributed by atoms with Crippen molar-refractivity contribution in [3.8, 4) is 0 Å². The molecule has 1 amide bonds. The third kappa shape index (κ3) is 4.54. The van der Waals surface area contributed by atoms with Crippen LogP contribution in [0, 0.1) is 0 Å². The van der Waals surface area contributed by atoms with Gasteiger partial charge in [-0.05, 0) is 12.1 Å². The minimum absolute atomic E-state index is 0.0905. The lowest BCUT2D eigenvalue weighted by molar-refractivity contribution is -0.122. The Morgan fingerprint density at radius 3 is 2.52 bits per heavy atom. The van der Waals surface area contributed by atoms with Gasteiger partial charge in [0.25, 0.3) is 0 Å². The smallest absolute Gasteiger partial charge is 0.244 e. The fourth-order valence-corrected chi connectivity index (χ4v) is 4.28. The molecule has 1 N–H and O–H groups in total. The number of rotatable bonds is 6. The van der Waals surface area contributed by atoms with E-state index in [2.05, 4.69) is 11.9 Å². The Kier molecular flexibility index (Phi) is 6.17. The van der Waals surface area contributed by atoms with Gasteiger partial charge in [0.05, 0.1) is 11.6 Å². The van der Waals surface area contributed by atoms with Crippen LogP contribution in [0.15, 0.2) is 41.8 Å². The molecule has 1 aromatic carbocycles. The number of halogens is 1. The van der Waals surface area contributed by atoms with Gasteiger partial charge < -0.3 is 5.32 Å². The average Bonchev–Trinajstić information content (AvgIpc) is 2.53. The Bertz CT molecular complexity index is 670. The van der Waals surface area contributed by atoms with Crippen LogP contribution in [0.25, 0.3) is 0 Å². The summed E-state index contributed by atoms with van der Waals surface area (Å²) in [6.45, 7) is 5.91. The van der Waals surface area contributed by atoms with Crippen LogP contribution in [0.4, 0.5) is 0 Å². The summed E-state index contributed by atoms with van der Waals surface area (Å²) in [5.74, 6) is -0.0905. The maximum absolute atomic E-state index is 12.6. The molecule has 6 nitrogen and oxygen atoms in total. The first-order valence-electron chi connectivity index (χ1n) is 7.30. The van der Waals surface area contributed by atoms with Crippen molar-refractivity contribution in [1.29, 1.82) is 0 Å². The number of carbonyl (C=O) groups is 1. The molecule has 0 unspecified atom stereocenters. The molecule has 2 rings (SSSR count). The van der Waals surface area contributed by atoms with E-state index >= 15 is 0 Å². The molecule has 1 aliphatic heterocycles. The molecule has 23 heavy (non-hydrogen) atoms. The number of hydrogen-bond donors (Lipinski definition) is 1. The molecule has 0 saturated carbocycles. The lowest BCUT2D eigenvalue weighted by Gasteiger charge is -2.33. The van der Waals surface area contributed by atoms with Gasteiger partial charge in [0.2, 0.25) is 15.9 Å². The van der Waals surface area contributed by atoms with Gasteiger partial charge >= 0.3 is 0 Å². The van der Waals surface area contributed by atoms with Gasteiger partial charge in [-0.2, -0.15) is 4.31 Å². The van der Waals surface area contributed by atoms with E-state index < -0.39 is 10.0 Å². The molecule has 1 saturated heterocycles. The highest BCUT2D eigenvalue weighted by Gasteiger charge is 2.30. The summed E-state index contributed by atoms with van der Waals surface area (Å²) in [6, 6.07) is 6.42. The Labute approximate surface area is 141 Å².